The highest BCUT2D eigenvalue weighted by Crippen LogP contribution is 2.30. The molecule has 1 rings (SSSR count). The van der Waals surface area contributed by atoms with E-state index in [0.29, 0.717) is 12.0 Å². The van der Waals surface area contributed by atoms with E-state index in [9.17, 15) is 9.90 Å². The molecule has 0 unspecified atom stereocenters. The van der Waals surface area contributed by atoms with Gasteiger partial charge in [0.1, 0.15) is 0 Å². The van der Waals surface area contributed by atoms with E-state index in [1.54, 1.807) is 19.1 Å². The van der Waals surface area contributed by atoms with E-state index in [2.05, 4.69) is 0 Å². The van der Waals surface area contributed by atoms with Crippen LogP contribution in [0.15, 0.2) is 18.2 Å². The highest BCUT2D eigenvalue weighted by Gasteiger charge is 2.12. The van der Waals surface area contributed by atoms with E-state index < -0.39 is 0 Å². The van der Waals surface area contributed by atoms with Crippen molar-refractivity contribution in [1.82, 2.24) is 0 Å². The number of Topliss-reactive ketones (excluding diaryl/α,β-unsaturated/α-hetero) is 1. The number of ketones is 1. The van der Waals surface area contributed by atoms with E-state index in [-0.39, 0.29) is 17.3 Å². The van der Waals surface area contributed by atoms with Crippen LogP contribution in [0.25, 0.3) is 0 Å². The zero-order valence-corrected chi connectivity index (χ0v) is 7.70. The molecule has 0 fully saturated rings. The number of phenols is 1. The Kier molecular flexibility index (Phi) is 2.90. The number of carbonyl (C=O) groups excluding carboxylic acids is 1. The van der Waals surface area contributed by atoms with Crippen LogP contribution in [-0.4, -0.2) is 18.0 Å². The van der Waals surface area contributed by atoms with Gasteiger partial charge < -0.3 is 9.84 Å². The fourth-order valence-corrected chi connectivity index (χ4v) is 1.15. The van der Waals surface area contributed by atoms with E-state index >= 15 is 0 Å². The second kappa shape index (κ2) is 3.94. The van der Waals surface area contributed by atoms with Crippen LogP contribution in [0.1, 0.15) is 23.7 Å². The normalized spacial score (nSPS) is 9.69. The molecule has 3 heteroatoms. The average molecular weight is 180 g/mol. The Labute approximate surface area is 77.0 Å². The number of hydrogen-bond donors (Lipinski definition) is 1. The molecule has 0 bridgehead atoms. The summed E-state index contributed by atoms with van der Waals surface area (Å²) < 4.78 is 4.93. The van der Waals surface area contributed by atoms with Crippen molar-refractivity contribution < 1.29 is 14.6 Å². The molecule has 0 saturated carbocycles. The molecule has 0 aliphatic rings. The van der Waals surface area contributed by atoms with Crippen molar-refractivity contribution in [2.24, 2.45) is 0 Å². The Hall–Kier alpha value is -1.51. The summed E-state index contributed by atoms with van der Waals surface area (Å²) in [7, 11) is 1.43. The summed E-state index contributed by atoms with van der Waals surface area (Å²) in [6, 6.07) is 4.76. The third-order valence-corrected chi connectivity index (χ3v) is 1.82. The van der Waals surface area contributed by atoms with Crippen LogP contribution in [0.3, 0.4) is 0 Å². The summed E-state index contributed by atoms with van der Waals surface area (Å²) >= 11 is 0. The maximum atomic E-state index is 11.4. The first-order valence-electron chi connectivity index (χ1n) is 4.09. The van der Waals surface area contributed by atoms with Gasteiger partial charge in [-0.25, -0.2) is 0 Å². The lowest BCUT2D eigenvalue weighted by atomic mass is 10.1. The minimum atomic E-state index is -0.0345. The molecule has 3 nitrogen and oxygen atoms in total. The molecule has 13 heavy (non-hydrogen) atoms. The zero-order valence-electron chi connectivity index (χ0n) is 7.70. The number of methoxy groups -OCH3 is 1. The molecular weight excluding hydrogens is 168 g/mol. The quantitative estimate of drug-likeness (QED) is 0.723. The van der Waals surface area contributed by atoms with Gasteiger partial charge in [0.05, 0.1) is 12.7 Å². The summed E-state index contributed by atoms with van der Waals surface area (Å²) in [5.41, 5.74) is 0.435. The molecule has 0 heterocycles. The lowest BCUT2D eigenvalue weighted by Gasteiger charge is -2.07. The van der Waals surface area contributed by atoms with Crippen molar-refractivity contribution in [1.29, 1.82) is 0 Å². The van der Waals surface area contributed by atoms with Gasteiger partial charge in [0.25, 0.3) is 0 Å². The van der Waals surface area contributed by atoms with E-state index in [4.69, 9.17) is 4.74 Å². The minimum absolute atomic E-state index is 0.00167. The van der Waals surface area contributed by atoms with Crippen molar-refractivity contribution in [3.63, 3.8) is 0 Å². The Morgan fingerprint density at radius 2 is 2.23 bits per heavy atom. The van der Waals surface area contributed by atoms with Crippen molar-refractivity contribution >= 4 is 5.78 Å². The third kappa shape index (κ3) is 1.80. The van der Waals surface area contributed by atoms with Crippen molar-refractivity contribution in [2.45, 2.75) is 13.3 Å². The molecule has 1 aromatic rings. The Morgan fingerprint density at radius 1 is 1.54 bits per heavy atom. The highest BCUT2D eigenvalue weighted by atomic mass is 16.5. The Morgan fingerprint density at radius 3 is 2.77 bits per heavy atom. The molecule has 0 spiro atoms. The number of carbonyl (C=O) groups is 1. The number of phenolic OH excluding ortho intramolecular Hbond substituents is 1. The first kappa shape index (κ1) is 9.58. The standard InChI is InChI=1S/C10H12O3/c1-3-8(11)7-5-4-6-9(12)10(7)13-2/h4-6,12H,3H2,1-2H3. The topological polar surface area (TPSA) is 46.5 Å². The van der Waals surface area contributed by atoms with Crippen LogP contribution >= 0.6 is 0 Å². The van der Waals surface area contributed by atoms with Crippen LogP contribution in [0.5, 0.6) is 11.5 Å². The summed E-state index contributed by atoms with van der Waals surface area (Å²) in [4.78, 5) is 11.4. The summed E-state index contributed by atoms with van der Waals surface area (Å²) in [5, 5.41) is 9.36. The Bertz CT molecular complexity index is 318. The van der Waals surface area contributed by atoms with Crippen LogP contribution < -0.4 is 4.74 Å². The number of rotatable bonds is 3. The van der Waals surface area contributed by atoms with Crippen LogP contribution in [0, 0.1) is 0 Å². The number of ether oxygens (including phenoxy) is 1. The lowest BCUT2D eigenvalue weighted by molar-refractivity contribution is 0.0984. The van der Waals surface area contributed by atoms with Gasteiger partial charge in [-0.1, -0.05) is 13.0 Å². The smallest absolute Gasteiger partial charge is 0.171 e. The predicted molar refractivity (Wildman–Crippen MR) is 49.3 cm³/mol. The fraction of sp³-hybridized carbons (Fsp3) is 0.300. The van der Waals surface area contributed by atoms with E-state index in [0.717, 1.165) is 0 Å². The van der Waals surface area contributed by atoms with Crippen LogP contribution in [0.2, 0.25) is 0 Å². The summed E-state index contributed by atoms with van der Waals surface area (Å²) in [6.07, 6.45) is 0.403. The van der Waals surface area contributed by atoms with Gasteiger partial charge in [0.2, 0.25) is 0 Å². The minimum Gasteiger partial charge on any atom is -0.504 e. The Balaban J connectivity index is 3.20. The van der Waals surface area contributed by atoms with Gasteiger partial charge in [-0.05, 0) is 12.1 Å². The number of benzene rings is 1. The maximum absolute atomic E-state index is 11.4. The molecule has 70 valence electrons. The van der Waals surface area contributed by atoms with Crippen LogP contribution in [0.4, 0.5) is 0 Å². The van der Waals surface area contributed by atoms with Gasteiger partial charge in [-0.15, -0.1) is 0 Å². The van der Waals surface area contributed by atoms with Crippen LogP contribution in [-0.2, 0) is 0 Å². The van der Waals surface area contributed by atoms with Crippen molar-refractivity contribution in [2.75, 3.05) is 7.11 Å². The maximum Gasteiger partial charge on any atom is 0.171 e. The SMILES string of the molecule is CCC(=O)c1cccc(O)c1OC. The summed E-state index contributed by atoms with van der Waals surface area (Å²) in [6.45, 7) is 1.77. The van der Waals surface area contributed by atoms with E-state index in [1.807, 2.05) is 0 Å². The second-order valence-corrected chi connectivity index (χ2v) is 2.63. The van der Waals surface area contributed by atoms with Gasteiger partial charge in [-0.3, -0.25) is 4.79 Å². The monoisotopic (exact) mass is 180 g/mol. The van der Waals surface area contributed by atoms with Gasteiger partial charge in [0, 0.05) is 6.42 Å². The summed E-state index contributed by atoms with van der Waals surface area (Å²) in [5.74, 6) is 0.226. The number of aromatic hydroxyl groups is 1. The average Bonchev–Trinajstić information content (AvgIpc) is 2.16. The van der Waals surface area contributed by atoms with Gasteiger partial charge >= 0.3 is 0 Å². The number of hydrogen-bond acceptors (Lipinski definition) is 3. The molecule has 1 N–H and O–H groups in total. The van der Waals surface area contributed by atoms with Crippen molar-refractivity contribution in [3.05, 3.63) is 23.8 Å². The molecule has 0 aromatic heterocycles. The molecule has 0 radical (unpaired) electrons. The first-order valence-corrected chi connectivity index (χ1v) is 4.09. The second-order valence-electron chi connectivity index (χ2n) is 2.63. The molecule has 0 aliphatic heterocycles. The van der Waals surface area contributed by atoms with Gasteiger partial charge in [0.15, 0.2) is 17.3 Å². The van der Waals surface area contributed by atoms with Gasteiger partial charge in [-0.2, -0.15) is 0 Å². The zero-order chi connectivity index (χ0) is 9.84. The first-order chi connectivity index (χ1) is 6.20. The number of para-hydroxylation sites is 1. The highest BCUT2D eigenvalue weighted by molar-refractivity contribution is 5.99. The molecule has 0 saturated heterocycles. The largest absolute Gasteiger partial charge is 0.504 e. The predicted octanol–water partition coefficient (Wildman–Crippen LogP) is 1.99. The van der Waals surface area contributed by atoms with Crippen molar-refractivity contribution in [3.8, 4) is 11.5 Å². The molecule has 1 aromatic carbocycles. The molecular formula is C10H12O3. The third-order valence-electron chi connectivity index (χ3n) is 1.82. The van der Waals surface area contributed by atoms with E-state index in [1.165, 1.54) is 13.2 Å². The molecule has 0 amide bonds. The molecule has 0 atom stereocenters. The molecule has 0 aliphatic carbocycles. The fourth-order valence-electron chi connectivity index (χ4n) is 1.15. The lowest BCUT2D eigenvalue weighted by Crippen LogP contribution is -2.00.